The van der Waals surface area contributed by atoms with Crippen molar-refractivity contribution in [1.29, 1.82) is 0 Å². The SMILES string of the molecule is CC1(O)CCCN(CC(F)(F)F)C1. The smallest absolute Gasteiger partial charge is 0.389 e. The Morgan fingerprint density at radius 2 is 2.08 bits per heavy atom. The van der Waals surface area contributed by atoms with E-state index >= 15 is 0 Å². The maximum atomic E-state index is 12.0. The van der Waals surface area contributed by atoms with Crippen LogP contribution >= 0.6 is 0 Å². The van der Waals surface area contributed by atoms with Gasteiger partial charge in [0.05, 0.1) is 12.1 Å². The summed E-state index contributed by atoms with van der Waals surface area (Å²) in [5.41, 5.74) is -0.955. The van der Waals surface area contributed by atoms with E-state index in [0.717, 1.165) is 0 Å². The van der Waals surface area contributed by atoms with Gasteiger partial charge in [-0.25, -0.2) is 0 Å². The van der Waals surface area contributed by atoms with Crippen molar-refractivity contribution in [2.75, 3.05) is 19.6 Å². The predicted molar refractivity (Wildman–Crippen MR) is 42.4 cm³/mol. The van der Waals surface area contributed by atoms with E-state index in [1.807, 2.05) is 0 Å². The second-order valence-corrected chi connectivity index (χ2v) is 3.93. The molecule has 0 spiro atoms. The molecule has 1 fully saturated rings. The maximum absolute atomic E-state index is 12.0. The minimum Gasteiger partial charge on any atom is -0.389 e. The standard InChI is InChI=1S/C8H14F3NO/c1-7(13)3-2-4-12(5-7)6-8(9,10)11/h13H,2-6H2,1H3. The molecule has 0 radical (unpaired) electrons. The van der Waals surface area contributed by atoms with E-state index in [9.17, 15) is 18.3 Å². The summed E-state index contributed by atoms with van der Waals surface area (Å²) in [6, 6.07) is 0. The van der Waals surface area contributed by atoms with Crippen molar-refractivity contribution in [3.63, 3.8) is 0 Å². The lowest BCUT2D eigenvalue weighted by molar-refractivity contribution is -0.156. The summed E-state index contributed by atoms with van der Waals surface area (Å²) in [5, 5.41) is 9.53. The highest BCUT2D eigenvalue weighted by molar-refractivity contribution is 4.83. The number of nitrogens with zero attached hydrogens (tertiary/aromatic N) is 1. The highest BCUT2D eigenvalue weighted by Gasteiger charge is 2.35. The molecule has 5 heteroatoms. The van der Waals surface area contributed by atoms with Crippen LogP contribution in [0.25, 0.3) is 0 Å². The van der Waals surface area contributed by atoms with E-state index in [2.05, 4.69) is 0 Å². The van der Waals surface area contributed by atoms with E-state index in [1.54, 1.807) is 6.92 Å². The fourth-order valence-electron chi connectivity index (χ4n) is 1.71. The molecule has 1 aliphatic rings. The summed E-state index contributed by atoms with van der Waals surface area (Å²) in [4.78, 5) is 1.25. The number of β-amino-alcohol motifs (C(OH)–C–C–N with tert-alkyl or cyclic N) is 1. The highest BCUT2D eigenvalue weighted by atomic mass is 19.4. The van der Waals surface area contributed by atoms with Crippen LogP contribution in [0.4, 0.5) is 13.2 Å². The Labute approximate surface area is 75.3 Å². The Kier molecular flexibility index (Phi) is 2.87. The molecule has 0 aromatic rings. The lowest BCUT2D eigenvalue weighted by Gasteiger charge is -2.36. The van der Waals surface area contributed by atoms with Gasteiger partial charge in [-0.2, -0.15) is 13.2 Å². The molecule has 0 aromatic heterocycles. The third kappa shape index (κ3) is 3.95. The highest BCUT2D eigenvalue weighted by Crippen LogP contribution is 2.24. The molecule has 2 nitrogen and oxygen atoms in total. The Hall–Kier alpha value is -0.290. The number of halogens is 3. The third-order valence-corrected chi connectivity index (χ3v) is 2.16. The minimum atomic E-state index is -4.16. The third-order valence-electron chi connectivity index (χ3n) is 2.16. The zero-order chi connectivity index (χ0) is 10.1. The number of piperidine rings is 1. The summed E-state index contributed by atoms with van der Waals surface area (Å²) in [7, 11) is 0. The topological polar surface area (TPSA) is 23.5 Å². The second kappa shape index (κ2) is 3.46. The van der Waals surface area contributed by atoms with Crippen LogP contribution in [-0.2, 0) is 0 Å². The molecule has 0 bridgehead atoms. The molecule has 1 aliphatic heterocycles. The summed E-state index contributed by atoms with van der Waals surface area (Å²) in [6.07, 6.45) is -2.95. The van der Waals surface area contributed by atoms with Crippen LogP contribution in [0.15, 0.2) is 0 Å². The van der Waals surface area contributed by atoms with Gasteiger partial charge in [0.25, 0.3) is 0 Å². The Balaban J connectivity index is 2.44. The Bertz CT molecular complexity index is 177. The molecule has 0 aliphatic carbocycles. The number of rotatable bonds is 1. The average molecular weight is 197 g/mol. The fraction of sp³-hybridized carbons (Fsp3) is 1.00. The lowest BCUT2D eigenvalue weighted by atomic mass is 9.95. The van der Waals surface area contributed by atoms with Crippen LogP contribution in [0.5, 0.6) is 0 Å². The first kappa shape index (κ1) is 10.8. The first-order chi connectivity index (χ1) is 5.79. The van der Waals surface area contributed by atoms with Crippen molar-refractivity contribution in [3.8, 4) is 0 Å². The van der Waals surface area contributed by atoms with Crippen molar-refractivity contribution in [2.24, 2.45) is 0 Å². The molecular weight excluding hydrogens is 183 g/mol. The molecule has 1 rings (SSSR count). The molecule has 1 atom stereocenters. The van der Waals surface area contributed by atoms with Gasteiger partial charge in [0.1, 0.15) is 0 Å². The van der Waals surface area contributed by atoms with E-state index in [1.165, 1.54) is 4.90 Å². The van der Waals surface area contributed by atoms with Crippen LogP contribution < -0.4 is 0 Å². The summed E-state index contributed by atoms with van der Waals surface area (Å²) in [6.45, 7) is 1.21. The van der Waals surface area contributed by atoms with E-state index in [0.29, 0.717) is 19.4 Å². The molecule has 1 unspecified atom stereocenters. The molecule has 1 heterocycles. The Morgan fingerprint density at radius 3 is 2.54 bits per heavy atom. The fourth-order valence-corrected chi connectivity index (χ4v) is 1.71. The van der Waals surface area contributed by atoms with Gasteiger partial charge in [0.2, 0.25) is 0 Å². The average Bonchev–Trinajstić information content (AvgIpc) is 1.79. The van der Waals surface area contributed by atoms with Gasteiger partial charge in [0, 0.05) is 6.54 Å². The zero-order valence-electron chi connectivity index (χ0n) is 7.56. The molecule has 1 N–H and O–H groups in total. The monoisotopic (exact) mass is 197 g/mol. The number of hydrogen-bond donors (Lipinski definition) is 1. The van der Waals surface area contributed by atoms with Crippen molar-refractivity contribution >= 4 is 0 Å². The molecule has 0 saturated carbocycles. The first-order valence-electron chi connectivity index (χ1n) is 4.30. The number of likely N-dealkylation sites (tertiary alicyclic amines) is 1. The summed E-state index contributed by atoms with van der Waals surface area (Å²) >= 11 is 0. The normalized spacial score (nSPS) is 32.1. The van der Waals surface area contributed by atoms with Gasteiger partial charge in [-0.05, 0) is 26.3 Å². The van der Waals surface area contributed by atoms with Gasteiger partial charge in [0.15, 0.2) is 0 Å². The van der Waals surface area contributed by atoms with Gasteiger partial charge >= 0.3 is 6.18 Å². The van der Waals surface area contributed by atoms with Crippen LogP contribution in [0, 0.1) is 0 Å². The van der Waals surface area contributed by atoms with Crippen LogP contribution in [0.1, 0.15) is 19.8 Å². The lowest BCUT2D eigenvalue weighted by Crippen LogP contribution is -2.49. The van der Waals surface area contributed by atoms with Crippen LogP contribution in [-0.4, -0.2) is 41.4 Å². The van der Waals surface area contributed by atoms with Gasteiger partial charge in [-0.3, -0.25) is 4.90 Å². The Morgan fingerprint density at radius 1 is 1.46 bits per heavy atom. The minimum absolute atomic E-state index is 0.118. The molecule has 13 heavy (non-hydrogen) atoms. The van der Waals surface area contributed by atoms with Crippen molar-refractivity contribution < 1.29 is 18.3 Å². The van der Waals surface area contributed by atoms with E-state index in [4.69, 9.17) is 0 Å². The van der Waals surface area contributed by atoms with Crippen LogP contribution in [0.2, 0.25) is 0 Å². The van der Waals surface area contributed by atoms with Gasteiger partial charge in [-0.1, -0.05) is 0 Å². The van der Waals surface area contributed by atoms with Crippen LogP contribution in [0.3, 0.4) is 0 Å². The largest absolute Gasteiger partial charge is 0.401 e. The van der Waals surface area contributed by atoms with E-state index in [-0.39, 0.29) is 6.54 Å². The quantitative estimate of drug-likeness (QED) is 0.686. The molecule has 0 aromatic carbocycles. The molecule has 78 valence electrons. The second-order valence-electron chi connectivity index (χ2n) is 3.93. The maximum Gasteiger partial charge on any atom is 0.401 e. The molecule has 0 amide bonds. The number of hydrogen-bond acceptors (Lipinski definition) is 2. The number of aliphatic hydroxyl groups is 1. The van der Waals surface area contributed by atoms with Gasteiger partial charge in [-0.15, -0.1) is 0 Å². The zero-order valence-corrected chi connectivity index (χ0v) is 7.56. The predicted octanol–water partition coefficient (Wildman–Crippen LogP) is 1.40. The molecule has 1 saturated heterocycles. The summed E-state index contributed by atoms with van der Waals surface area (Å²) < 4.78 is 35.9. The van der Waals surface area contributed by atoms with Gasteiger partial charge < -0.3 is 5.11 Å². The first-order valence-corrected chi connectivity index (χ1v) is 4.30. The van der Waals surface area contributed by atoms with Crippen molar-refractivity contribution in [1.82, 2.24) is 4.90 Å². The van der Waals surface area contributed by atoms with Crippen molar-refractivity contribution in [3.05, 3.63) is 0 Å². The summed E-state index contributed by atoms with van der Waals surface area (Å²) in [5.74, 6) is 0. The van der Waals surface area contributed by atoms with Crippen molar-refractivity contribution in [2.45, 2.75) is 31.5 Å². The number of alkyl halides is 3. The van der Waals surface area contributed by atoms with E-state index < -0.39 is 18.3 Å². The molecular formula is C8H14F3NO.